The van der Waals surface area contributed by atoms with Gasteiger partial charge in [-0.25, -0.2) is 4.79 Å². The quantitative estimate of drug-likeness (QED) is 0.336. The number of aromatic nitrogens is 1. The van der Waals surface area contributed by atoms with Gasteiger partial charge in [0.1, 0.15) is 11.4 Å². The third-order valence-corrected chi connectivity index (χ3v) is 8.22. The van der Waals surface area contributed by atoms with Crippen LogP contribution in [0.3, 0.4) is 0 Å². The molecule has 2 heterocycles. The van der Waals surface area contributed by atoms with E-state index in [1.807, 2.05) is 93.0 Å². The van der Waals surface area contributed by atoms with Crippen molar-refractivity contribution < 1.29 is 24.2 Å². The molecule has 42 heavy (non-hydrogen) atoms. The number of para-hydroxylation sites is 1. The summed E-state index contributed by atoms with van der Waals surface area (Å²) in [7, 11) is 3.60. The second-order valence-electron chi connectivity index (χ2n) is 11.3. The van der Waals surface area contributed by atoms with Crippen LogP contribution in [0.25, 0.3) is 22.0 Å². The summed E-state index contributed by atoms with van der Waals surface area (Å²) in [4.78, 5) is 30.7. The van der Waals surface area contributed by atoms with E-state index in [-0.39, 0.29) is 25.0 Å². The zero-order valence-electron chi connectivity index (χ0n) is 24.9. The van der Waals surface area contributed by atoms with Crippen molar-refractivity contribution in [3.63, 3.8) is 0 Å². The number of ether oxygens (including phenoxy) is 2. The average Bonchev–Trinajstić information content (AvgIpc) is 3.29. The highest BCUT2D eigenvalue weighted by Crippen LogP contribution is 2.38. The van der Waals surface area contributed by atoms with E-state index in [9.17, 15) is 14.7 Å². The molecule has 0 aliphatic carbocycles. The number of carbonyl (C=O) groups is 2. The number of aliphatic hydroxyl groups is 1. The molecule has 8 heteroatoms. The number of hydrogen-bond donors (Lipinski definition) is 1. The fraction of sp³-hybridized carbons (Fsp3) is 0.353. The highest BCUT2D eigenvalue weighted by molar-refractivity contribution is 6.10. The second-order valence-corrected chi connectivity index (χ2v) is 11.3. The molecule has 8 nitrogen and oxygen atoms in total. The second kappa shape index (κ2) is 12.4. The minimum atomic E-state index is -0.486. The summed E-state index contributed by atoms with van der Waals surface area (Å²) in [5.74, 6) is 0.155. The number of hydrogen-bond acceptors (Lipinski definition) is 5. The number of amides is 2. The van der Waals surface area contributed by atoms with Gasteiger partial charge in [-0.05, 0) is 43.2 Å². The van der Waals surface area contributed by atoms with Crippen LogP contribution >= 0.6 is 0 Å². The summed E-state index contributed by atoms with van der Waals surface area (Å²) in [6, 6.07) is 22.9. The van der Waals surface area contributed by atoms with Crippen molar-refractivity contribution >= 4 is 22.9 Å². The molecule has 220 valence electrons. The first kappa shape index (κ1) is 29.4. The molecule has 0 bridgehead atoms. The Bertz CT molecular complexity index is 1580. The van der Waals surface area contributed by atoms with E-state index < -0.39 is 18.2 Å². The zero-order chi connectivity index (χ0) is 30.0. The number of fused-ring (bicyclic) bond motifs is 5. The predicted molar refractivity (Wildman–Crippen MR) is 164 cm³/mol. The lowest BCUT2D eigenvalue weighted by Gasteiger charge is -2.34. The standard InChI is InChI=1S/C34H39N3O5/c1-22-14-16-26(17-15-22)42-34(40)35(4)19-30-23(2)18-37(24(3)20-38)33(39)32-31(27-11-7-6-10-25(27)21-41-30)28-12-8-9-13-29(28)36(32)5/h6-17,23-24,30,38H,18-21H2,1-5H3/t23-,24-,30+/m0/s1. The Balaban J connectivity index is 1.53. The van der Waals surface area contributed by atoms with Gasteiger partial charge >= 0.3 is 6.09 Å². The average molecular weight is 570 g/mol. The number of likely N-dealkylation sites (N-methyl/N-ethyl adjacent to an activating group) is 1. The van der Waals surface area contributed by atoms with Gasteiger partial charge < -0.3 is 28.9 Å². The van der Waals surface area contributed by atoms with Crippen molar-refractivity contribution in [3.05, 3.63) is 89.6 Å². The summed E-state index contributed by atoms with van der Waals surface area (Å²) >= 11 is 0. The molecule has 0 unspecified atom stereocenters. The number of aryl methyl sites for hydroxylation is 2. The first-order valence-electron chi connectivity index (χ1n) is 14.4. The number of benzene rings is 3. The Hall–Kier alpha value is -4.14. The highest BCUT2D eigenvalue weighted by atomic mass is 16.6. The lowest BCUT2D eigenvalue weighted by molar-refractivity contribution is -0.0206. The molecule has 0 fully saturated rings. The molecular formula is C34H39N3O5. The predicted octanol–water partition coefficient (Wildman–Crippen LogP) is 5.64. The fourth-order valence-electron chi connectivity index (χ4n) is 5.66. The van der Waals surface area contributed by atoms with Crippen LogP contribution in [0.4, 0.5) is 4.79 Å². The van der Waals surface area contributed by atoms with Crippen molar-refractivity contribution in [2.45, 2.75) is 39.5 Å². The Morgan fingerprint density at radius 3 is 2.52 bits per heavy atom. The Kier molecular flexibility index (Phi) is 8.66. The molecule has 3 atom stereocenters. The number of carbonyl (C=O) groups excluding carboxylic acids is 2. The molecule has 1 aromatic heterocycles. The van der Waals surface area contributed by atoms with Gasteiger partial charge in [-0.3, -0.25) is 4.79 Å². The van der Waals surface area contributed by atoms with Crippen molar-refractivity contribution in [2.24, 2.45) is 13.0 Å². The Morgan fingerprint density at radius 1 is 1.10 bits per heavy atom. The zero-order valence-corrected chi connectivity index (χ0v) is 24.9. The van der Waals surface area contributed by atoms with Gasteiger partial charge in [0.2, 0.25) is 0 Å². The minimum Gasteiger partial charge on any atom is -0.410 e. The summed E-state index contributed by atoms with van der Waals surface area (Å²) in [5.41, 5.74) is 5.35. The fourth-order valence-corrected chi connectivity index (χ4v) is 5.66. The lowest BCUT2D eigenvalue weighted by Crippen LogP contribution is -2.48. The maximum absolute atomic E-state index is 14.4. The largest absolute Gasteiger partial charge is 0.415 e. The molecule has 5 rings (SSSR count). The normalized spacial score (nSPS) is 18.1. The lowest BCUT2D eigenvalue weighted by atomic mass is 9.96. The smallest absolute Gasteiger partial charge is 0.410 e. The van der Waals surface area contributed by atoms with Gasteiger partial charge in [-0.15, -0.1) is 0 Å². The van der Waals surface area contributed by atoms with Crippen LogP contribution in [0.15, 0.2) is 72.8 Å². The molecule has 4 aromatic rings. The van der Waals surface area contributed by atoms with E-state index in [4.69, 9.17) is 9.47 Å². The molecule has 0 spiro atoms. The van der Waals surface area contributed by atoms with Crippen LogP contribution in [0.5, 0.6) is 5.75 Å². The van der Waals surface area contributed by atoms with Crippen molar-refractivity contribution in [2.75, 3.05) is 26.7 Å². The first-order chi connectivity index (χ1) is 20.2. The minimum absolute atomic E-state index is 0.153. The molecule has 1 aliphatic rings. The van der Waals surface area contributed by atoms with Gasteiger partial charge in [0.15, 0.2) is 0 Å². The molecule has 3 aromatic carbocycles. The van der Waals surface area contributed by atoms with E-state index in [1.165, 1.54) is 4.90 Å². The summed E-state index contributed by atoms with van der Waals surface area (Å²) in [6.45, 7) is 6.56. The van der Waals surface area contributed by atoms with Gasteiger partial charge in [0.25, 0.3) is 5.91 Å². The summed E-state index contributed by atoms with van der Waals surface area (Å²) in [5, 5.41) is 11.2. The van der Waals surface area contributed by atoms with Crippen LogP contribution in [0, 0.1) is 12.8 Å². The van der Waals surface area contributed by atoms with E-state index >= 15 is 0 Å². The van der Waals surface area contributed by atoms with Gasteiger partial charge in [-0.1, -0.05) is 67.1 Å². The summed E-state index contributed by atoms with van der Waals surface area (Å²) in [6.07, 6.45) is -0.896. The van der Waals surface area contributed by atoms with E-state index in [0.29, 0.717) is 24.6 Å². The number of rotatable bonds is 5. The van der Waals surface area contributed by atoms with Crippen LogP contribution in [-0.2, 0) is 18.4 Å². The van der Waals surface area contributed by atoms with Gasteiger partial charge in [0, 0.05) is 43.0 Å². The number of nitrogens with zero attached hydrogens (tertiary/aromatic N) is 3. The molecule has 1 aliphatic heterocycles. The van der Waals surface area contributed by atoms with Crippen molar-refractivity contribution in [3.8, 4) is 16.9 Å². The molecule has 0 radical (unpaired) electrons. The maximum Gasteiger partial charge on any atom is 0.415 e. The van der Waals surface area contributed by atoms with Crippen LogP contribution in [0.1, 0.15) is 35.5 Å². The van der Waals surface area contributed by atoms with Gasteiger partial charge in [-0.2, -0.15) is 0 Å². The van der Waals surface area contributed by atoms with Crippen molar-refractivity contribution in [1.82, 2.24) is 14.4 Å². The Labute approximate surface area is 247 Å². The summed E-state index contributed by atoms with van der Waals surface area (Å²) < 4.78 is 14.1. The SMILES string of the molecule is Cc1ccc(OC(=O)N(C)C[C@H]2OCc3ccccc3-c3c(n(C)c4ccccc34)C(=O)N([C@@H](C)CO)C[C@@H]2C)cc1. The molecule has 0 saturated carbocycles. The third kappa shape index (κ3) is 5.78. The first-order valence-corrected chi connectivity index (χ1v) is 14.4. The molecule has 0 saturated heterocycles. The third-order valence-electron chi connectivity index (χ3n) is 8.22. The molecule has 2 amide bonds. The van der Waals surface area contributed by atoms with Crippen LogP contribution in [0.2, 0.25) is 0 Å². The topological polar surface area (TPSA) is 84.2 Å². The maximum atomic E-state index is 14.4. The van der Waals surface area contributed by atoms with Crippen LogP contribution < -0.4 is 4.74 Å². The van der Waals surface area contributed by atoms with E-state index in [2.05, 4.69) is 0 Å². The molecular weight excluding hydrogens is 530 g/mol. The monoisotopic (exact) mass is 569 g/mol. The number of aliphatic hydroxyl groups excluding tert-OH is 1. The van der Waals surface area contributed by atoms with Gasteiger partial charge in [0.05, 0.1) is 31.9 Å². The molecule has 1 N–H and O–H groups in total. The highest BCUT2D eigenvalue weighted by Gasteiger charge is 2.34. The van der Waals surface area contributed by atoms with Crippen molar-refractivity contribution in [1.29, 1.82) is 0 Å². The van der Waals surface area contributed by atoms with E-state index in [0.717, 1.165) is 33.2 Å². The van der Waals surface area contributed by atoms with E-state index in [1.54, 1.807) is 24.1 Å². The Morgan fingerprint density at radius 2 is 1.79 bits per heavy atom. The van der Waals surface area contributed by atoms with Crippen LogP contribution in [-0.4, -0.2) is 70.4 Å².